The number of rotatable bonds is 18. The molecule has 4 amide bonds. The van der Waals surface area contributed by atoms with E-state index in [1.54, 1.807) is 40.9 Å². The fourth-order valence-electron chi connectivity index (χ4n) is 9.47. The van der Waals surface area contributed by atoms with Crippen LogP contribution in [0.25, 0.3) is 11.0 Å². The molecule has 8 unspecified atom stereocenters. The van der Waals surface area contributed by atoms with Gasteiger partial charge in [-0.15, -0.1) is 0 Å². The smallest absolute Gasteiger partial charge is 0.405 e. The number of hydrogen-bond donors (Lipinski definition) is 3. The summed E-state index contributed by atoms with van der Waals surface area (Å²) in [6.45, 7) is 12.8. The van der Waals surface area contributed by atoms with Crippen LogP contribution in [0.3, 0.4) is 0 Å². The average Bonchev–Trinajstić information content (AvgIpc) is 4.06. The Bertz CT molecular complexity index is 2120. The molecule has 61 heavy (non-hydrogen) atoms. The minimum atomic E-state index is -3.94. The summed E-state index contributed by atoms with van der Waals surface area (Å²) in [6, 6.07) is 3.04. The minimum Gasteiger partial charge on any atom is -0.497 e. The number of aromatic nitrogens is 2. The lowest BCUT2D eigenvalue weighted by atomic mass is 9.85. The van der Waals surface area contributed by atoms with Crippen molar-refractivity contribution in [1.29, 1.82) is 0 Å². The van der Waals surface area contributed by atoms with Crippen LogP contribution in [0.2, 0.25) is 0 Å². The topological polar surface area (TPSA) is 207 Å². The van der Waals surface area contributed by atoms with E-state index >= 15 is 0 Å². The highest BCUT2D eigenvalue weighted by Crippen LogP contribution is 2.54. The molecule has 2 aromatic rings. The Kier molecular flexibility index (Phi) is 13.8. The lowest BCUT2D eigenvalue weighted by molar-refractivity contribution is -0.141. The van der Waals surface area contributed by atoms with Crippen LogP contribution in [-0.2, 0) is 30.8 Å². The van der Waals surface area contributed by atoms with Crippen molar-refractivity contribution in [2.45, 2.75) is 155 Å². The number of hydrogen-bond acceptors (Lipinski definition) is 10. The first-order chi connectivity index (χ1) is 28.8. The SMILES string of the molecule is CCC1C(Oc2nc3cc(OC)ccc3nc2CCCCCC2CCCC2C)CN(C(=O)C(NC(=O)O)C(C)(C)C)C1C(=O)N=CC1(C(=O)NS(=O)(=O)C2(C)CC2)CC1CC. The zero-order valence-electron chi connectivity index (χ0n) is 37.2. The molecule has 1 aromatic carbocycles. The number of fused-ring (bicyclic) bond motifs is 1. The Morgan fingerprint density at radius 1 is 1.07 bits per heavy atom. The summed E-state index contributed by atoms with van der Waals surface area (Å²) in [6.07, 6.45) is 10.0. The molecule has 0 bridgehead atoms. The molecule has 0 spiro atoms. The van der Waals surface area contributed by atoms with Gasteiger partial charge in [-0.25, -0.2) is 28.2 Å². The second kappa shape index (κ2) is 18.2. The zero-order valence-corrected chi connectivity index (χ0v) is 38.0. The normalized spacial score (nSPS) is 27.5. The predicted molar refractivity (Wildman–Crippen MR) is 232 cm³/mol. The quantitative estimate of drug-likeness (QED) is 0.104. The van der Waals surface area contributed by atoms with Gasteiger partial charge < -0.3 is 24.8 Å². The Hall–Kier alpha value is -4.34. The first kappa shape index (κ1) is 46.2. The number of aliphatic imine (C=N–C) groups is 1. The largest absolute Gasteiger partial charge is 0.497 e. The molecule has 1 aliphatic heterocycles. The van der Waals surface area contributed by atoms with E-state index in [1.807, 2.05) is 26.0 Å². The van der Waals surface area contributed by atoms with E-state index in [2.05, 4.69) is 22.0 Å². The first-order valence-electron chi connectivity index (χ1n) is 22.2. The number of carbonyl (C=O) groups excluding carboxylic acids is 3. The second-order valence-electron chi connectivity index (χ2n) is 19.3. The zero-order chi connectivity index (χ0) is 44.5. The van der Waals surface area contributed by atoms with Gasteiger partial charge in [0.25, 0.3) is 5.91 Å². The summed E-state index contributed by atoms with van der Waals surface area (Å²) in [5, 5.41) is 12.2. The van der Waals surface area contributed by atoms with E-state index in [-0.39, 0.29) is 12.5 Å². The van der Waals surface area contributed by atoms with Gasteiger partial charge >= 0.3 is 6.09 Å². The van der Waals surface area contributed by atoms with E-state index in [9.17, 15) is 32.7 Å². The Morgan fingerprint density at radius 3 is 2.39 bits per heavy atom. The molecule has 0 radical (unpaired) electrons. The number of carboxylic acid groups (broad SMARTS) is 1. The van der Waals surface area contributed by atoms with Gasteiger partial charge in [0.15, 0.2) is 0 Å². The predicted octanol–water partition coefficient (Wildman–Crippen LogP) is 6.86. The van der Waals surface area contributed by atoms with Crippen LogP contribution < -0.4 is 19.5 Å². The van der Waals surface area contributed by atoms with E-state index in [4.69, 9.17) is 19.4 Å². The maximum Gasteiger partial charge on any atom is 0.405 e. The van der Waals surface area contributed by atoms with Crippen LogP contribution in [0.5, 0.6) is 11.6 Å². The number of amides is 4. The number of methoxy groups -OCH3 is 1. The molecule has 15 nitrogen and oxygen atoms in total. The van der Waals surface area contributed by atoms with Crippen LogP contribution in [0.15, 0.2) is 23.2 Å². The number of unbranched alkanes of at least 4 members (excludes halogenated alkanes) is 2. The van der Waals surface area contributed by atoms with Gasteiger partial charge in [-0.3, -0.25) is 19.1 Å². The van der Waals surface area contributed by atoms with Gasteiger partial charge in [0.05, 0.1) is 34.8 Å². The number of sulfonamides is 1. The summed E-state index contributed by atoms with van der Waals surface area (Å²) < 4.78 is 39.7. The number of nitrogens with one attached hydrogen (secondary N) is 2. The van der Waals surface area contributed by atoms with Crippen molar-refractivity contribution in [3.05, 3.63) is 23.9 Å². The van der Waals surface area contributed by atoms with Crippen molar-refractivity contribution < 1.29 is 42.2 Å². The van der Waals surface area contributed by atoms with E-state index < -0.39 is 73.5 Å². The van der Waals surface area contributed by atoms with Crippen molar-refractivity contribution in [2.24, 2.45) is 39.5 Å². The standard InChI is InChI=1S/C45H66N6O9S/c1-9-29-24-45(29,41(54)50-61(57,58)44(7)21-22-44)26-46-38(52)36-31(10-2)35(25-51(36)40(53)37(43(4,5)6)49-42(55)56)60-39-33(18-13-11-12-16-28-17-14-15-27(28)3)47-32-20-19-30(59-8)23-34(32)48-39/h19-20,23,26-29,31,35-37,49H,9-18,21-22,24-25H2,1-8H3,(H,50,54)(H,55,56). The van der Waals surface area contributed by atoms with Crippen molar-refractivity contribution in [3.63, 3.8) is 0 Å². The fourth-order valence-corrected chi connectivity index (χ4v) is 10.8. The highest BCUT2D eigenvalue weighted by Gasteiger charge is 2.61. The Morgan fingerprint density at radius 2 is 1.80 bits per heavy atom. The molecule has 6 rings (SSSR count). The maximum atomic E-state index is 14.6. The molecule has 1 saturated heterocycles. The van der Waals surface area contributed by atoms with E-state index in [1.165, 1.54) is 36.8 Å². The molecular formula is C45H66N6O9S. The van der Waals surface area contributed by atoms with Gasteiger partial charge in [0.2, 0.25) is 27.7 Å². The third kappa shape index (κ3) is 9.99. The van der Waals surface area contributed by atoms with E-state index in [0.717, 1.165) is 31.1 Å². The molecule has 3 aliphatic carbocycles. The van der Waals surface area contributed by atoms with Crippen LogP contribution in [0, 0.1) is 34.5 Å². The third-order valence-electron chi connectivity index (χ3n) is 14.0. The molecule has 16 heteroatoms. The van der Waals surface area contributed by atoms with Crippen LogP contribution in [-0.4, -0.2) is 95.0 Å². The van der Waals surface area contributed by atoms with Gasteiger partial charge in [-0.1, -0.05) is 86.5 Å². The molecular weight excluding hydrogens is 801 g/mol. The molecule has 4 fully saturated rings. The number of benzene rings is 1. The highest BCUT2D eigenvalue weighted by molar-refractivity contribution is 7.91. The monoisotopic (exact) mass is 866 g/mol. The molecule has 8 atom stereocenters. The minimum absolute atomic E-state index is 0.0754. The molecule has 1 aromatic heterocycles. The lowest BCUT2D eigenvalue weighted by Gasteiger charge is -2.34. The summed E-state index contributed by atoms with van der Waals surface area (Å²) in [5.41, 5.74) is -0.296. The number of carbonyl (C=O) groups is 4. The lowest BCUT2D eigenvalue weighted by Crippen LogP contribution is -2.57. The van der Waals surface area contributed by atoms with Crippen molar-refractivity contribution >= 4 is 51.1 Å². The van der Waals surface area contributed by atoms with Crippen LogP contribution in [0.4, 0.5) is 4.79 Å². The molecule has 4 aliphatic rings. The number of likely N-dealkylation sites (tertiary alicyclic amines) is 1. The molecule has 3 saturated carbocycles. The van der Waals surface area contributed by atoms with Crippen LogP contribution >= 0.6 is 0 Å². The van der Waals surface area contributed by atoms with Gasteiger partial charge in [0, 0.05) is 18.2 Å². The average molecular weight is 867 g/mol. The van der Waals surface area contributed by atoms with Crippen molar-refractivity contribution in [1.82, 2.24) is 24.9 Å². The van der Waals surface area contributed by atoms with Gasteiger partial charge in [0.1, 0.15) is 29.6 Å². The van der Waals surface area contributed by atoms with Gasteiger partial charge in [-0.2, -0.15) is 0 Å². The number of nitrogens with zero attached hydrogens (tertiary/aromatic N) is 4. The van der Waals surface area contributed by atoms with E-state index in [0.29, 0.717) is 66.9 Å². The fraction of sp³-hybridized carbons (Fsp3) is 0.711. The highest BCUT2D eigenvalue weighted by atomic mass is 32.2. The Labute approximate surface area is 360 Å². The summed E-state index contributed by atoms with van der Waals surface area (Å²) in [5.74, 6) is -0.464. The summed E-state index contributed by atoms with van der Waals surface area (Å²) in [7, 11) is -2.37. The maximum absolute atomic E-state index is 14.6. The molecule has 2 heterocycles. The first-order valence-corrected chi connectivity index (χ1v) is 23.7. The van der Waals surface area contributed by atoms with Gasteiger partial charge in [-0.05, 0) is 80.8 Å². The Balaban J connectivity index is 1.31. The van der Waals surface area contributed by atoms with Crippen molar-refractivity contribution in [3.8, 4) is 11.6 Å². The summed E-state index contributed by atoms with van der Waals surface area (Å²) >= 11 is 0. The molecule has 3 N–H and O–H groups in total. The number of ether oxygens (including phenoxy) is 2. The number of aryl methyl sites for hydroxylation is 1. The second-order valence-corrected chi connectivity index (χ2v) is 21.5. The summed E-state index contributed by atoms with van der Waals surface area (Å²) in [4.78, 5) is 70.4. The third-order valence-corrected chi connectivity index (χ3v) is 16.2. The van der Waals surface area contributed by atoms with Crippen molar-refractivity contribution in [2.75, 3.05) is 13.7 Å². The molecule has 336 valence electrons. The van der Waals surface area contributed by atoms with Crippen LogP contribution in [0.1, 0.15) is 131 Å².